The van der Waals surface area contributed by atoms with Crippen molar-refractivity contribution in [3.05, 3.63) is 64.4 Å². The molecule has 1 aromatic heterocycles. The first kappa shape index (κ1) is 19.6. The number of allylic oxidation sites excluding steroid dienone is 2. The van der Waals surface area contributed by atoms with E-state index in [1.807, 2.05) is 37.4 Å². The van der Waals surface area contributed by atoms with E-state index in [1.54, 1.807) is 16.7 Å². The number of carbonyl (C=O) groups is 1. The Morgan fingerprint density at radius 2 is 1.96 bits per heavy atom. The predicted molar refractivity (Wildman–Crippen MR) is 101 cm³/mol. The van der Waals surface area contributed by atoms with E-state index in [0.29, 0.717) is 12.3 Å². The molecule has 6 heteroatoms. The minimum Gasteiger partial charge on any atom is -0.478 e. The van der Waals surface area contributed by atoms with Crippen LogP contribution in [-0.2, 0) is 24.2 Å². The van der Waals surface area contributed by atoms with Gasteiger partial charge in [-0.3, -0.25) is 4.57 Å². The summed E-state index contributed by atoms with van der Waals surface area (Å²) in [5.74, 6) is -0.469. The topological polar surface area (TPSA) is 84.3 Å². The quantitative estimate of drug-likeness (QED) is 0.674. The molecule has 0 amide bonds. The Morgan fingerprint density at radius 3 is 2.58 bits per heavy atom. The van der Waals surface area contributed by atoms with Crippen molar-refractivity contribution in [2.24, 2.45) is 0 Å². The lowest BCUT2D eigenvalue weighted by atomic mass is 10.1. The number of aryl methyl sites for hydroxylation is 2. The molecule has 0 unspecified atom stereocenters. The van der Waals surface area contributed by atoms with Gasteiger partial charge in [0.15, 0.2) is 5.60 Å². The summed E-state index contributed by atoms with van der Waals surface area (Å²) in [6.45, 7) is 5.55. The summed E-state index contributed by atoms with van der Waals surface area (Å²) in [5.41, 5.74) is 0.734. The van der Waals surface area contributed by atoms with Crippen molar-refractivity contribution in [2.45, 2.75) is 52.2 Å². The number of H-pyrrole nitrogens is 1. The molecule has 0 radical (unpaired) electrons. The third-order valence-electron chi connectivity index (χ3n) is 4.10. The Labute approximate surface area is 153 Å². The number of aromatic amines is 1. The van der Waals surface area contributed by atoms with Crippen molar-refractivity contribution in [3.63, 3.8) is 0 Å². The van der Waals surface area contributed by atoms with Gasteiger partial charge in [-0.1, -0.05) is 24.3 Å². The van der Waals surface area contributed by atoms with Crippen LogP contribution in [0.1, 0.15) is 38.4 Å². The van der Waals surface area contributed by atoms with Crippen LogP contribution in [0.5, 0.6) is 5.75 Å². The molecule has 0 fully saturated rings. The summed E-state index contributed by atoms with van der Waals surface area (Å²) < 4.78 is 7.15. The molecule has 1 heterocycles. The van der Waals surface area contributed by atoms with Gasteiger partial charge in [0, 0.05) is 18.4 Å². The highest BCUT2D eigenvalue weighted by Crippen LogP contribution is 2.20. The number of aromatic nitrogens is 2. The molecule has 0 bridgehead atoms. The van der Waals surface area contributed by atoms with E-state index in [0.717, 1.165) is 30.5 Å². The molecule has 0 spiro atoms. The van der Waals surface area contributed by atoms with E-state index in [4.69, 9.17) is 9.84 Å². The maximum atomic E-state index is 11.8. The van der Waals surface area contributed by atoms with Gasteiger partial charge < -0.3 is 14.8 Å². The fraction of sp³-hybridized carbons (Fsp3) is 0.400. The number of carboxylic acid groups (broad SMARTS) is 1. The summed E-state index contributed by atoms with van der Waals surface area (Å²) in [6.07, 6.45) is 8.29. The number of rotatable bonds is 9. The summed E-state index contributed by atoms with van der Waals surface area (Å²) in [6, 6.07) is 7.45. The van der Waals surface area contributed by atoms with E-state index in [2.05, 4.69) is 4.98 Å². The molecule has 0 saturated carbocycles. The number of hydrogen-bond donors (Lipinski definition) is 2. The normalized spacial score (nSPS) is 11.8. The number of imidazole rings is 1. The molecule has 26 heavy (non-hydrogen) atoms. The van der Waals surface area contributed by atoms with Gasteiger partial charge in [-0.25, -0.2) is 9.59 Å². The zero-order chi connectivity index (χ0) is 19.2. The van der Waals surface area contributed by atoms with Gasteiger partial charge in [-0.05, 0) is 57.7 Å². The van der Waals surface area contributed by atoms with E-state index >= 15 is 0 Å². The summed E-state index contributed by atoms with van der Waals surface area (Å²) in [5, 5.41) is 9.09. The largest absolute Gasteiger partial charge is 0.478 e. The predicted octanol–water partition coefficient (Wildman–Crippen LogP) is 3.17. The maximum Gasteiger partial charge on any atom is 0.347 e. The van der Waals surface area contributed by atoms with Gasteiger partial charge in [0.2, 0.25) is 0 Å². The van der Waals surface area contributed by atoms with Crippen LogP contribution < -0.4 is 10.4 Å². The SMILES string of the molecule is C/C=C/Cn1cc(CCCc2ccc(OC(C)(C)C(=O)O)cc2)[nH]c1=O. The average molecular weight is 358 g/mol. The molecular weight excluding hydrogens is 332 g/mol. The van der Waals surface area contributed by atoms with Crippen molar-refractivity contribution >= 4 is 5.97 Å². The van der Waals surface area contributed by atoms with Crippen LogP contribution in [0, 0.1) is 0 Å². The summed E-state index contributed by atoms with van der Waals surface area (Å²) in [7, 11) is 0. The Morgan fingerprint density at radius 1 is 1.27 bits per heavy atom. The molecule has 2 rings (SSSR count). The van der Waals surface area contributed by atoms with Crippen LogP contribution in [0.25, 0.3) is 0 Å². The Bertz CT molecular complexity index is 813. The minimum atomic E-state index is -1.26. The van der Waals surface area contributed by atoms with Crippen molar-refractivity contribution in [1.29, 1.82) is 0 Å². The second-order valence-corrected chi connectivity index (χ2v) is 6.72. The van der Waals surface area contributed by atoms with E-state index in [1.165, 1.54) is 13.8 Å². The molecule has 0 atom stereocenters. The lowest BCUT2D eigenvalue weighted by molar-refractivity contribution is -0.152. The second-order valence-electron chi connectivity index (χ2n) is 6.72. The highest BCUT2D eigenvalue weighted by Gasteiger charge is 2.29. The number of carboxylic acids is 1. The molecular formula is C20H26N2O4. The molecule has 2 N–H and O–H groups in total. The smallest absolute Gasteiger partial charge is 0.347 e. The highest BCUT2D eigenvalue weighted by molar-refractivity contribution is 5.76. The summed E-state index contributed by atoms with van der Waals surface area (Å²) >= 11 is 0. The van der Waals surface area contributed by atoms with Gasteiger partial charge in [-0.2, -0.15) is 0 Å². The van der Waals surface area contributed by atoms with Crippen LogP contribution in [0.4, 0.5) is 0 Å². The Hall–Kier alpha value is -2.76. The molecule has 1 aromatic carbocycles. The molecule has 2 aromatic rings. The molecule has 0 aliphatic carbocycles. The molecule has 0 aliphatic heterocycles. The van der Waals surface area contributed by atoms with Gasteiger partial charge in [-0.15, -0.1) is 0 Å². The molecule has 6 nitrogen and oxygen atoms in total. The van der Waals surface area contributed by atoms with Crippen LogP contribution in [0.2, 0.25) is 0 Å². The summed E-state index contributed by atoms with van der Waals surface area (Å²) in [4.78, 5) is 25.8. The van der Waals surface area contributed by atoms with Crippen LogP contribution in [0.15, 0.2) is 47.4 Å². The Balaban J connectivity index is 1.87. The number of nitrogens with one attached hydrogen (secondary N) is 1. The lowest BCUT2D eigenvalue weighted by Gasteiger charge is -2.21. The van der Waals surface area contributed by atoms with E-state index in [-0.39, 0.29) is 5.69 Å². The number of ether oxygens (including phenoxy) is 1. The number of benzene rings is 1. The lowest BCUT2D eigenvalue weighted by Crippen LogP contribution is -2.37. The van der Waals surface area contributed by atoms with Crippen LogP contribution in [-0.4, -0.2) is 26.2 Å². The third kappa shape index (κ3) is 5.37. The van der Waals surface area contributed by atoms with Gasteiger partial charge >= 0.3 is 11.7 Å². The van der Waals surface area contributed by atoms with Crippen molar-refractivity contribution in [3.8, 4) is 5.75 Å². The van der Waals surface area contributed by atoms with E-state index in [9.17, 15) is 9.59 Å². The number of aliphatic carboxylic acids is 1. The fourth-order valence-corrected chi connectivity index (χ4v) is 2.52. The second kappa shape index (κ2) is 8.56. The van der Waals surface area contributed by atoms with Gasteiger partial charge in [0.25, 0.3) is 0 Å². The third-order valence-corrected chi connectivity index (χ3v) is 4.10. The molecule has 0 aliphatic rings. The first-order chi connectivity index (χ1) is 12.3. The first-order valence-corrected chi connectivity index (χ1v) is 8.72. The van der Waals surface area contributed by atoms with Crippen molar-refractivity contribution < 1.29 is 14.6 Å². The van der Waals surface area contributed by atoms with Crippen LogP contribution >= 0.6 is 0 Å². The minimum absolute atomic E-state index is 0.0827. The zero-order valence-electron chi connectivity index (χ0n) is 15.5. The highest BCUT2D eigenvalue weighted by atomic mass is 16.5. The number of hydrogen-bond acceptors (Lipinski definition) is 3. The fourth-order valence-electron chi connectivity index (χ4n) is 2.52. The van der Waals surface area contributed by atoms with Crippen molar-refractivity contribution in [2.75, 3.05) is 0 Å². The van der Waals surface area contributed by atoms with Crippen LogP contribution in [0.3, 0.4) is 0 Å². The maximum absolute atomic E-state index is 11.8. The van der Waals surface area contributed by atoms with Gasteiger partial charge in [0.1, 0.15) is 5.75 Å². The first-order valence-electron chi connectivity index (χ1n) is 8.72. The van der Waals surface area contributed by atoms with Gasteiger partial charge in [0.05, 0.1) is 0 Å². The van der Waals surface area contributed by atoms with Crippen molar-refractivity contribution in [1.82, 2.24) is 9.55 Å². The number of nitrogens with zero attached hydrogens (tertiary/aromatic N) is 1. The standard InChI is InChI=1S/C20H26N2O4/c1-4-5-13-22-14-16(21-19(22)25)8-6-7-15-9-11-17(12-10-15)26-20(2,3)18(23)24/h4-5,9-12,14H,6-8,13H2,1-3H3,(H,21,25)(H,23,24)/b5-4+. The average Bonchev–Trinajstić information content (AvgIpc) is 2.94. The molecule has 140 valence electrons. The zero-order valence-corrected chi connectivity index (χ0v) is 15.5. The molecule has 0 saturated heterocycles. The van der Waals surface area contributed by atoms with E-state index < -0.39 is 11.6 Å². The monoisotopic (exact) mass is 358 g/mol. The Kier molecular flexibility index (Phi) is 6.44.